The number of carbonyl (C=O) groups excluding carboxylic acids is 2. The third-order valence-corrected chi connectivity index (χ3v) is 5.36. The summed E-state index contributed by atoms with van der Waals surface area (Å²) in [6, 6.07) is 12.0. The highest BCUT2D eigenvalue weighted by atomic mass is 16.5. The third kappa shape index (κ3) is 5.39. The summed E-state index contributed by atoms with van der Waals surface area (Å²) in [5.41, 5.74) is 7.43. The summed E-state index contributed by atoms with van der Waals surface area (Å²) >= 11 is 0. The van der Waals surface area contributed by atoms with E-state index < -0.39 is 6.09 Å². The van der Waals surface area contributed by atoms with Crippen LogP contribution in [0.5, 0.6) is 11.5 Å². The van der Waals surface area contributed by atoms with Gasteiger partial charge in [0.2, 0.25) is 0 Å². The number of rotatable bonds is 6. The van der Waals surface area contributed by atoms with E-state index in [1.807, 2.05) is 12.1 Å². The molecule has 1 aliphatic carbocycles. The minimum Gasteiger partial charge on any atom is -0.493 e. The standard InChI is InChI=1S/C23H29N3O5/c1-25(22(27)17-9-11-18(24)12-10-17)26(23(28)30-3)15-16-8-13-20(29-2)21(14-16)31-19-6-4-5-7-19/h8-14,19H,4-7,15,24H2,1-3H3. The van der Waals surface area contributed by atoms with E-state index in [-0.39, 0.29) is 18.6 Å². The molecule has 2 aromatic carbocycles. The fourth-order valence-electron chi connectivity index (χ4n) is 3.59. The normalized spacial score (nSPS) is 13.5. The van der Waals surface area contributed by atoms with Gasteiger partial charge in [0, 0.05) is 18.3 Å². The predicted octanol–water partition coefficient (Wildman–Crippen LogP) is 3.85. The lowest BCUT2D eigenvalue weighted by molar-refractivity contribution is 0.00207. The number of ether oxygens (including phenoxy) is 3. The van der Waals surface area contributed by atoms with Crippen LogP contribution >= 0.6 is 0 Å². The zero-order valence-corrected chi connectivity index (χ0v) is 18.2. The topological polar surface area (TPSA) is 94.3 Å². The zero-order valence-electron chi connectivity index (χ0n) is 18.2. The molecule has 0 unspecified atom stereocenters. The van der Waals surface area contributed by atoms with Crippen LogP contribution in [0.1, 0.15) is 41.6 Å². The Labute approximate surface area is 182 Å². The fraction of sp³-hybridized carbons (Fsp3) is 0.391. The van der Waals surface area contributed by atoms with Gasteiger partial charge in [0.1, 0.15) is 0 Å². The minimum absolute atomic E-state index is 0.120. The maximum absolute atomic E-state index is 12.9. The van der Waals surface area contributed by atoms with E-state index in [1.165, 1.54) is 24.2 Å². The summed E-state index contributed by atoms with van der Waals surface area (Å²) in [5.74, 6) is 0.900. The van der Waals surface area contributed by atoms with Crippen molar-refractivity contribution >= 4 is 17.7 Å². The molecule has 0 saturated heterocycles. The van der Waals surface area contributed by atoms with Crippen molar-refractivity contribution in [1.29, 1.82) is 0 Å². The average Bonchev–Trinajstić information content (AvgIpc) is 3.30. The van der Waals surface area contributed by atoms with E-state index in [0.29, 0.717) is 22.7 Å². The highest BCUT2D eigenvalue weighted by Gasteiger charge is 2.26. The molecule has 0 radical (unpaired) electrons. The predicted molar refractivity (Wildman–Crippen MR) is 117 cm³/mol. The van der Waals surface area contributed by atoms with Crippen LogP contribution in [-0.4, -0.2) is 49.4 Å². The van der Waals surface area contributed by atoms with E-state index >= 15 is 0 Å². The van der Waals surface area contributed by atoms with Crippen LogP contribution in [0.4, 0.5) is 10.5 Å². The first-order chi connectivity index (χ1) is 14.9. The quantitative estimate of drug-likeness (QED) is 0.556. The SMILES string of the molecule is COC(=O)N(Cc1ccc(OC)c(OC2CCCC2)c1)N(C)C(=O)c1ccc(N)cc1. The van der Waals surface area contributed by atoms with Gasteiger partial charge in [0.15, 0.2) is 11.5 Å². The Morgan fingerprint density at radius 1 is 1.03 bits per heavy atom. The van der Waals surface area contributed by atoms with Gasteiger partial charge < -0.3 is 19.9 Å². The van der Waals surface area contributed by atoms with Crippen LogP contribution in [0.2, 0.25) is 0 Å². The maximum Gasteiger partial charge on any atom is 0.428 e. The molecule has 2 amide bonds. The second-order valence-corrected chi connectivity index (χ2v) is 7.49. The summed E-state index contributed by atoms with van der Waals surface area (Å²) in [6.07, 6.45) is 3.85. The molecule has 2 aromatic rings. The molecule has 1 saturated carbocycles. The number of carbonyl (C=O) groups is 2. The van der Waals surface area contributed by atoms with E-state index in [1.54, 1.807) is 37.4 Å². The van der Waals surface area contributed by atoms with Crippen LogP contribution in [0.25, 0.3) is 0 Å². The van der Waals surface area contributed by atoms with Gasteiger partial charge in [-0.2, -0.15) is 0 Å². The number of nitrogens with zero attached hydrogens (tertiary/aromatic N) is 2. The highest BCUT2D eigenvalue weighted by molar-refractivity contribution is 5.95. The summed E-state index contributed by atoms with van der Waals surface area (Å²) in [7, 11) is 4.39. The minimum atomic E-state index is -0.652. The van der Waals surface area contributed by atoms with E-state index in [9.17, 15) is 9.59 Å². The van der Waals surface area contributed by atoms with Gasteiger partial charge in [-0.15, -0.1) is 0 Å². The maximum atomic E-state index is 12.9. The van der Waals surface area contributed by atoms with Crippen molar-refractivity contribution in [3.8, 4) is 11.5 Å². The molecule has 3 rings (SSSR count). The molecule has 0 aliphatic heterocycles. The monoisotopic (exact) mass is 427 g/mol. The first kappa shape index (κ1) is 22.3. The average molecular weight is 428 g/mol. The number of amides is 2. The van der Waals surface area contributed by atoms with Crippen molar-refractivity contribution in [3.63, 3.8) is 0 Å². The summed E-state index contributed by atoms with van der Waals surface area (Å²) in [4.78, 5) is 25.4. The number of hydrogen-bond acceptors (Lipinski definition) is 6. The number of hydrazine groups is 1. The van der Waals surface area contributed by atoms with Crippen LogP contribution in [0.3, 0.4) is 0 Å². The lowest BCUT2D eigenvalue weighted by Crippen LogP contribution is -2.46. The van der Waals surface area contributed by atoms with Gasteiger partial charge in [0.25, 0.3) is 5.91 Å². The van der Waals surface area contributed by atoms with Gasteiger partial charge in [-0.3, -0.25) is 4.79 Å². The lowest BCUT2D eigenvalue weighted by atomic mass is 10.2. The molecule has 1 aliphatic rings. The molecule has 0 spiro atoms. The molecular weight excluding hydrogens is 398 g/mol. The molecule has 8 heteroatoms. The fourth-order valence-corrected chi connectivity index (χ4v) is 3.59. The first-order valence-electron chi connectivity index (χ1n) is 10.3. The number of methoxy groups -OCH3 is 2. The summed E-state index contributed by atoms with van der Waals surface area (Å²) < 4.78 is 16.5. The van der Waals surface area contributed by atoms with Crippen LogP contribution in [0.15, 0.2) is 42.5 Å². The largest absolute Gasteiger partial charge is 0.493 e. The molecule has 2 N–H and O–H groups in total. The Morgan fingerprint density at radius 2 is 1.71 bits per heavy atom. The molecule has 1 fully saturated rings. The Hall–Kier alpha value is -3.42. The molecule has 0 bridgehead atoms. The van der Waals surface area contributed by atoms with Crippen molar-refractivity contribution in [2.75, 3.05) is 27.0 Å². The summed E-state index contributed by atoms with van der Waals surface area (Å²) in [6.45, 7) is 0.120. The Bertz CT molecular complexity index is 910. The highest BCUT2D eigenvalue weighted by Crippen LogP contribution is 2.33. The lowest BCUT2D eigenvalue weighted by Gasteiger charge is -2.31. The second kappa shape index (κ2) is 10.1. The van der Waals surface area contributed by atoms with Crippen LogP contribution in [0, 0.1) is 0 Å². The summed E-state index contributed by atoms with van der Waals surface area (Å²) in [5, 5.41) is 2.47. The van der Waals surface area contributed by atoms with Gasteiger partial charge in [-0.05, 0) is 67.6 Å². The number of nitrogen functional groups attached to an aromatic ring is 1. The van der Waals surface area contributed by atoms with Crippen molar-refractivity contribution in [2.45, 2.75) is 38.3 Å². The van der Waals surface area contributed by atoms with E-state index in [4.69, 9.17) is 19.9 Å². The van der Waals surface area contributed by atoms with Crippen molar-refractivity contribution in [3.05, 3.63) is 53.6 Å². The molecule has 0 atom stereocenters. The van der Waals surface area contributed by atoms with Gasteiger partial charge >= 0.3 is 6.09 Å². The second-order valence-electron chi connectivity index (χ2n) is 7.49. The zero-order chi connectivity index (χ0) is 22.4. The number of hydrogen-bond donors (Lipinski definition) is 1. The third-order valence-electron chi connectivity index (χ3n) is 5.36. The first-order valence-corrected chi connectivity index (χ1v) is 10.3. The molecular formula is C23H29N3O5. The van der Waals surface area contributed by atoms with Crippen LogP contribution in [-0.2, 0) is 11.3 Å². The van der Waals surface area contributed by atoms with Crippen molar-refractivity contribution < 1.29 is 23.8 Å². The Balaban J connectivity index is 1.82. The molecule has 0 aromatic heterocycles. The Morgan fingerprint density at radius 3 is 2.32 bits per heavy atom. The molecule has 0 heterocycles. The number of benzene rings is 2. The number of anilines is 1. The smallest absolute Gasteiger partial charge is 0.428 e. The van der Waals surface area contributed by atoms with Gasteiger partial charge in [0.05, 0.1) is 26.9 Å². The van der Waals surface area contributed by atoms with Gasteiger partial charge in [-0.1, -0.05) is 6.07 Å². The van der Waals surface area contributed by atoms with Crippen LogP contribution < -0.4 is 15.2 Å². The molecule has 166 valence electrons. The van der Waals surface area contributed by atoms with Crippen molar-refractivity contribution in [1.82, 2.24) is 10.0 Å². The van der Waals surface area contributed by atoms with E-state index in [0.717, 1.165) is 31.2 Å². The molecule has 8 nitrogen and oxygen atoms in total. The molecule has 31 heavy (non-hydrogen) atoms. The Kier molecular flexibility index (Phi) is 7.23. The number of nitrogens with two attached hydrogens (primary N) is 1. The van der Waals surface area contributed by atoms with Gasteiger partial charge in [-0.25, -0.2) is 14.8 Å². The van der Waals surface area contributed by atoms with Crippen molar-refractivity contribution in [2.24, 2.45) is 0 Å². The van der Waals surface area contributed by atoms with E-state index in [2.05, 4.69) is 0 Å².